The van der Waals surface area contributed by atoms with Gasteiger partial charge in [-0.1, -0.05) is 28.9 Å². The molecule has 0 bridgehead atoms. The van der Waals surface area contributed by atoms with E-state index in [0.717, 1.165) is 45.0 Å². The molecule has 5 rings (SSSR count). The van der Waals surface area contributed by atoms with Crippen molar-refractivity contribution in [1.29, 1.82) is 0 Å². The molecular formula is C27H26ClN7O. The largest absolute Gasteiger partial charge is 0.487 e. The number of rotatable bonds is 8. The summed E-state index contributed by atoms with van der Waals surface area (Å²) < 4.78 is 7.68. The second kappa shape index (κ2) is 10.2. The van der Waals surface area contributed by atoms with Crippen LogP contribution < -0.4 is 10.5 Å². The number of hydrogen-bond donors (Lipinski definition) is 2. The quantitative estimate of drug-likeness (QED) is 0.225. The van der Waals surface area contributed by atoms with Gasteiger partial charge in [0.1, 0.15) is 29.7 Å². The first-order chi connectivity index (χ1) is 17.4. The van der Waals surface area contributed by atoms with Crippen LogP contribution in [0.1, 0.15) is 30.7 Å². The van der Waals surface area contributed by atoms with Crippen LogP contribution in [-0.4, -0.2) is 36.8 Å². The first-order valence-corrected chi connectivity index (χ1v) is 12.0. The second-order valence-corrected chi connectivity index (χ2v) is 9.21. The molecule has 5 aromatic rings. The number of aliphatic imine (C=N–C) groups is 1. The Kier molecular flexibility index (Phi) is 6.69. The second-order valence-electron chi connectivity index (χ2n) is 8.77. The Morgan fingerprint density at radius 3 is 2.61 bits per heavy atom. The monoisotopic (exact) mass is 499 g/mol. The van der Waals surface area contributed by atoms with Crippen LogP contribution in [0.4, 0.5) is 0 Å². The van der Waals surface area contributed by atoms with E-state index in [1.165, 1.54) is 0 Å². The van der Waals surface area contributed by atoms with Crippen molar-refractivity contribution < 1.29 is 4.74 Å². The molecule has 0 radical (unpaired) electrons. The number of nitrogens with one attached hydrogen (secondary N) is 1. The lowest BCUT2D eigenvalue weighted by Gasteiger charge is -2.04. The summed E-state index contributed by atoms with van der Waals surface area (Å²) >= 11 is 5.95. The number of aromatic amines is 1. The van der Waals surface area contributed by atoms with Gasteiger partial charge in [0.15, 0.2) is 0 Å². The molecule has 182 valence electrons. The summed E-state index contributed by atoms with van der Waals surface area (Å²) in [5.41, 5.74) is 11.6. The first-order valence-electron chi connectivity index (χ1n) is 11.6. The molecule has 0 saturated carbocycles. The minimum atomic E-state index is 0.139. The normalized spacial score (nSPS) is 11.9. The zero-order chi connectivity index (χ0) is 25.1. The van der Waals surface area contributed by atoms with Gasteiger partial charge in [-0.05, 0) is 74.0 Å². The fourth-order valence-electron chi connectivity index (χ4n) is 3.78. The van der Waals surface area contributed by atoms with Gasteiger partial charge in [0.2, 0.25) is 0 Å². The minimum absolute atomic E-state index is 0.139. The van der Waals surface area contributed by atoms with Crippen LogP contribution in [0.2, 0.25) is 5.02 Å². The summed E-state index contributed by atoms with van der Waals surface area (Å²) in [5, 5.41) is 9.09. The Hall–Kier alpha value is -4.17. The fraction of sp³-hybridized carbons (Fsp3) is 0.185. The van der Waals surface area contributed by atoms with Gasteiger partial charge in [0.25, 0.3) is 0 Å². The average Bonchev–Trinajstić information content (AvgIpc) is 3.50. The summed E-state index contributed by atoms with van der Waals surface area (Å²) in [6.45, 7) is 4.95. The van der Waals surface area contributed by atoms with E-state index in [1.54, 1.807) is 4.68 Å². The summed E-state index contributed by atoms with van der Waals surface area (Å²) in [5.74, 6) is 2.04. The van der Waals surface area contributed by atoms with Gasteiger partial charge in [-0.2, -0.15) is 0 Å². The predicted octanol–water partition coefficient (Wildman–Crippen LogP) is 5.22. The van der Waals surface area contributed by atoms with Crippen molar-refractivity contribution in [1.82, 2.24) is 25.0 Å². The third-order valence-electron chi connectivity index (χ3n) is 5.53. The van der Waals surface area contributed by atoms with E-state index >= 15 is 0 Å². The Bertz CT molecular complexity index is 1500. The molecule has 0 aliphatic rings. The molecule has 0 aliphatic heterocycles. The van der Waals surface area contributed by atoms with Gasteiger partial charge in [-0.25, -0.2) is 9.67 Å². The van der Waals surface area contributed by atoms with Crippen LogP contribution in [0.5, 0.6) is 5.75 Å². The van der Waals surface area contributed by atoms with Gasteiger partial charge in [-0.3, -0.25) is 4.99 Å². The molecule has 0 fully saturated rings. The molecule has 2 aromatic heterocycles. The number of aromatic nitrogens is 5. The Morgan fingerprint density at radius 1 is 1.08 bits per heavy atom. The number of ether oxygens (including phenoxy) is 1. The Balaban J connectivity index is 1.22. The van der Waals surface area contributed by atoms with E-state index in [9.17, 15) is 0 Å². The van der Waals surface area contributed by atoms with E-state index in [1.807, 2.05) is 86.8 Å². The highest BCUT2D eigenvalue weighted by atomic mass is 35.5. The summed E-state index contributed by atoms with van der Waals surface area (Å²) in [6.07, 6.45) is 1.88. The molecule has 2 heterocycles. The van der Waals surface area contributed by atoms with Crippen molar-refractivity contribution >= 4 is 28.5 Å². The van der Waals surface area contributed by atoms with E-state index in [-0.39, 0.29) is 6.04 Å². The third-order valence-corrected chi connectivity index (χ3v) is 5.79. The minimum Gasteiger partial charge on any atom is -0.487 e. The summed E-state index contributed by atoms with van der Waals surface area (Å²) in [6, 6.07) is 21.5. The van der Waals surface area contributed by atoms with E-state index in [4.69, 9.17) is 27.1 Å². The molecule has 0 aliphatic carbocycles. The SMILES string of the molecule is CC(C)N=C(N)c1ccc2nc(-c3ccc(OCc4cn(Cc5ccc(Cl)cc5)nn4)cc3)[nH]c2c1. The van der Waals surface area contributed by atoms with E-state index in [2.05, 4.69) is 20.3 Å². The highest BCUT2D eigenvalue weighted by molar-refractivity contribution is 6.30. The van der Waals surface area contributed by atoms with Crippen LogP contribution in [0.25, 0.3) is 22.4 Å². The molecule has 0 spiro atoms. The molecule has 0 unspecified atom stereocenters. The molecule has 0 saturated heterocycles. The molecule has 0 amide bonds. The van der Waals surface area contributed by atoms with Crippen LogP contribution >= 0.6 is 11.6 Å². The molecule has 3 N–H and O–H groups in total. The molecule has 36 heavy (non-hydrogen) atoms. The number of nitrogens with zero attached hydrogens (tertiary/aromatic N) is 5. The van der Waals surface area contributed by atoms with Crippen molar-refractivity contribution in [2.45, 2.75) is 33.0 Å². The number of benzene rings is 3. The fourth-order valence-corrected chi connectivity index (χ4v) is 3.91. The van der Waals surface area contributed by atoms with Crippen LogP contribution in [0.15, 0.2) is 77.9 Å². The molecule has 8 nitrogen and oxygen atoms in total. The first kappa shape index (κ1) is 23.6. The molecule has 0 atom stereocenters. The number of hydrogen-bond acceptors (Lipinski definition) is 5. The lowest BCUT2D eigenvalue weighted by molar-refractivity contribution is 0.301. The molecular weight excluding hydrogens is 474 g/mol. The highest BCUT2D eigenvalue weighted by Crippen LogP contribution is 2.24. The maximum absolute atomic E-state index is 6.12. The summed E-state index contributed by atoms with van der Waals surface area (Å²) in [4.78, 5) is 12.5. The lowest BCUT2D eigenvalue weighted by atomic mass is 10.2. The van der Waals surface area contributed by atoms with Crippen LogP contribution in [0.3, 0.4) is 0 Å². The van der Waals surface area contributed by atoms with Gasteiger partial charge in [0, 0.05) is 22.2 Å². The number of nitrogens with two attached hydrogens (primary N) is 1. The van der Waals surface area contributed by atoms with Gasteiger partial charge >= 0.3 is 0 Å². The van der Waals surface area contributed by atoms with Crippen molar-refractivity contribution in [3.8, 4) is 17.1 Å². The third kappa shape index (κ3) is 5.55. The lowest BCUT2D eigenvalue weighted by Crippen LogP contribution is -2.15. The maximum atomic E-state index is 6.12. The zero-order valence-corrected chi connectivity index (χ0v) is 20.8. The summed E-state index contributed by atoms with van der Waals surface area (Å²) in [7, 11) is 0. The molecule has 3 aromatic carbocycles. The van der Waals surface area contributed by atoms with Crippen molar-refractivity contribution in [3.63, 3.8) is 0 Å². The smallest absolute Gasteiger partial charge is 0.138 e. The standard InChI is InChI=1S/C27H26ClN7O/c1-17(2)30-26(29)20-7-12-24-25(13-20)32-27(31-24)19-5-10-23(11-6-19)36-16-22-15-35(34-33-22)14-18-3-8-21(28)9-4-18/h3-13,15,17H,14,16H2,1-2H3,(H2,29,30)(H,31,32). The number of H-pyrrole nitrogens is 1. The van der Waals surface area contributed by atoms with Crippen LogP contribution in [-0.2, 0) is 13.2 Å². The average molecular weight is 500 g/mol. The molecule has 9 heteroatoms. The van der Waals surface area contributed by atoms with Gasteiger partial charge in [-0.15, -0.1) is 5.10 Å². The Morgan fingerprint density at radius 2 is 1.86 bits per heavy atom. The Labute approximate surface area is 213 Å². The number of fused-ring (bicyclic) bond motifs is 1. The van der Waals surface area contributed by atoms with Crippen molar-refractivity contribution in [2.75, 3.05) is 0 Å². The maximum Gasteiger partial charge on any atom is 0.138 e. The van der Waals surface area contributed by atoms with E-state index in [0.29, 0.717) is 24.0 Å². The number of halogens is 1. The zero-order valence-electron chi connectivity index (χ0n) is 20.0. The number of amidine groups is 1. The highest BCUT2D eigenvalue weighted by Gasteiger charge is 2.09. The van der Waals surface area contributed by atoms with Gasteiger partial charge < -0.3 is 15.5 Å². The van der Waals surface area contributed by atoms with Crippen LogP contribution in [0, 0.1) is 0 Å². The van der Waals surface area contributed by atoms with Gasteiger partial charge in [0.05, 0.1) is 23.8 Å². The van der Waals surface area contributed by atoms with Crippen molar-refractivity contribution in [3.05, 3.63) is 94.8 Å². The van der Waals surface area contributed by atoms with Crippen molar-refractivity contribution in [2.24, 2.45) is 10.7 Å². The number of imidazole rings is 1. The topological polar surface area (TPSA) is 107 Å². The predicted molar refractivity (Wildman–Crippen MR) is 142 cm³/mol. The van der Waals surface area contributed by atoms with E-state index < -0.39 is 0 Å².